The van der Waals surface area contributed by atoms with Crippen molar-refractivity contribution < 1.29 is 216 Å². The Bertz CT molecular complexity index is 289. The minimum absolute atomic E-state index is 0. The first-order valence-corrected chi connectivity index (χ1v) is 9.62. The van der Waals surface area contributed by atoms with Crippen molar-refractivity contribution >= 4 is 50.0 Å². The SMILES string of the molecule is O=[P+]([O-])F.O=[P+]([O-])F.O=[P+]([O-])F.O=[P+]([O-])F.O=[P+]([O-])F.O=[P+]([O-])F.[Ag+].[Ag+].[Ag+].[Ag+].[Ag+].[Ag+]. The molecule has 0 bridgehead atoms. The quantitative estimate of drug-likeness (QED) is 0.175. The van der Waals surface area contributed by atoms with E-state index in [9.17, 15) is 25.2 Å². The van der Waals surface area contributed by atoms with Gasteiger partial charge in [0.05, 0.1) is 25.2 Å². The van der Waals surface area contributed by atoms with Gasteiger partial charge in [0.1, 0.15) is 0 Å². The van der Waals surface area contributed by atoms with Crippen LogP contribution in [0.2, 0.25) is 0 Å². The molecule has 0 aromatic rings. The molecule has 0 saturated carbocycles. The van der Waals surface area contributed by atoms with Gasteiger partial charge in [0.15, 0.2) is 0 Å². The summed E-state index contributed by atoms with van der Waals surface area (Å²) in [7, 11) is -21.7. The van der Waals surface area contributed by atoms with E-state index >= 15 is 0 Å². The van der Waals surface area contributed by atoms with Crippen molar-refractivity contribution in [2.24, 2.45) is 0 Å². The molecule has 0 N–H and O–H groups in total. The van der Waals surface area contributed by atoms with Crippen LogP contribution in [0, 0.1) is 0 Å². The summed E-state index contributed by atoms with van der Waals surface area (Å²) >= 11 is 0. The molecule has 0 aliphatic heterocycles. The van der Waals surface area contributed by atoms with Gasteiger partial charge in [-0.25, -0.2) is 0 Å². The van der Waals surface area contributed by atoms with Gasteiger partial charge in [0.25, 0.3) is 0 Å². The minimum Gasteiger partial charge on any atom is -0.562 e. The molecule has 30 heteroatoms. The average Bonchev–Trinajstić information content (AvgIpc) is 2.08. The molecular weight excluding hydrogens is 1140 g/mol. The van der Waals surface area contributed by atoms with E-state index in [0.29, 0.717) is 0 Å². The molecule has 30 heavy (non-hydrogen) atoms. The van der Waals surface area contributed by atoms with Gasteiger partial charge in [-0.2, -0.15) is 0 Å². The third-order valence-electron chi connectivity index (χ3n) is 0. The van der Waals surface area contributed by atoms with E-state index in [0.717, 1.165) is 0 Å². The second-order valence-corrected chi connectivity index (χ2v) is 3.83. The van der Waals surface area contributed by atoms with Crippen molar-refractivity contribution in [3.05, 3.63) is 0 Å². The fourth-order valence-corrected chi connectivity index (χ4v) is 0. The van der Waals surface area contributed by atoms with E-state index in [1.165, 1.54) is 0 Å². The predicted molar refractivity (Wildman–Crippen MR) is 52.3 cm³/mol. The summed E-state index contributed by atoms with van der Waals surface area (Å²) in [5.74, 6) is 0. The second kappa shape index (κ2) is 69.9. The molecule has 0 radical (unpaired) electrons. The summed E-state index contributed by atoms with van der Waals surface area (Å²) in [6, 6.07) is 0. The summed E-state index contributed by atoms with van der Waals surface area (Å²) in [5, 5.41) is 0. The molecule has 12 nitrogen and oxygen atoms in total. The molecule has 204 valence electrons. The van der Waals surface area contributed by atoms with E-state index < -0.39 is 50.0 Å². The molecule has 0 spiro atoms. The van der Waals surface area contributed by atoms with Crippen LogP contribution in [-0.2, 0) is 162 Å². The van der Waals surface area contributed by atoms with Crippen LogP contribution in [0.4, 0.5) is 25.2 Å². The second-order valence-electron chi connectivity index (χ2n) is 1.28. The van der Waals surface area contributed by atoms with Crippen LogP contribution in [0.25, 0.3) is 0 Å². The van der Waals surface area contributed by atoms with Gasteiger partial charge >= 0.3 is 184 Å². The first kappa shape index (κ1) is 76.5. The largest absolute Gasteiger partial charge is 1.00 e. The van der Waals surface area contributed by atoms with Crippen molar-refractivity contribution in [3.63, 3.8) is 0 Å². The molecule has 6 unspecified atom stereocenters. The molecule has 0 rings (SSSR count). The van der Waals surface area contributed by atoms with Crippen molar-refractivity contribution in [2.75, 3.05) is 0 Å². The van der Waals surface area contributed by atoms with Crippen molar-refractivity contribution in [1.82, 2.24) is 0 Å². The van der Waals surface area contributed by atoms with E-state index in [1.54, 1.807) is 0 Å². The Morgan fingerprint density at radius 3 is 0.300 bits per heavy atom. The maximum atomic E-state index is 9.95. The van der Waals surface area contributed by atoms with Crippen LogP contribution < -0.4 is 29.4 Å². The number of hydrogen-bond donors (Lipinski definition) is 0. The Hall–Kier alpha value is 4.38. The zero-order chi connectivity index (χ0) is 21.5. The maximum Gasteiger partial charge on any atom is 1.00 e. The summed E-state index contributed by atoms with van der Waals surface area (Å²) in [6.45, 7) is 0. The standard InChI is InChI=1S/6Ag.6FO2P/c;;;;;;6*1-4(2)3/q6*+1;;;;;;. The minimum atomic E-state index is -3.62. The van der Waals surface area contributed by atoms with Crippen LogP contribution in [-0.4, -0.2) is 0 Å². The Kier molecular flexibility index (Phi) is 178. The Labute approximate surface area is 262 Å². The Morgan fingerprint density at radius 2 is 0.300 bits per heavy atom. The van der Waals surface area contributed by atoms with Gasteiger partial charge in [0.2, 0.25) is 0 Å². The van der Waals surface area contributed by atoms with Crippen LogP contribution in [0.3, 0.4) is 0 Å². The van der Waals surface area contributed by atoms with Gasteiger partial charge in [-0.05, 0) is 27.4 Å². The molecule has 0 heterocycles. The summed E-state index contributed by atoms with van der Waals surface area (Å²) < 4.78 is 110. The van der Waals surface area contributed by atoms with E-state index in [4.69, 9.17) is 56.8 Å². The smallest absolute Gasteiger partial charge is 0.562 e. The number of rotatable bonds is 0. The predicted octanol–water partition coefficient (Wildman–Crippen LogP) is -0.173. The van der Waals surface area contributed by atoms with Gasteiger partial charge in [-0.15, -0.1) is 0 Å². The molecule has 0 aliphatic rings. The van der Waals surface area contributed by atoms with Crippen molar-refractivity contribution in [3.8, 4) is 0 Å². The van der Waals surface area contributed by atoms with Crippen LogP contribution in [0.1, 0.15) is 0 Å². The third kappa shape index (κ3) is 1660. The number of halogens is 6. The molecule has 6 atom stereocenters. The van der Waals surface area contributed by atoms with E-state index in [2.05, 4.69) is 0 Å². The van der Waals surface area contributed by atoms with Gasteiger partial charge in [-0.1, -0.05) is 0 Å². The normalized spacial score (nSPS) is 8.80. The fraction of sp³-hybridized carbons (Fsp3) is 0. The Balaban J connectivity index is -0.0000000125. The Morgan fingerprint density at radius 1 is 0.300 bits per heavy atom. The first-order chi connectivity index (χ1) is 10.4. The molecule has 0 fully saturated rings. The maximum absolute atomic E-state index is 9.95. The van der Waals surface area contributed by atoms with Gasteiger partial charge < -0.3 is 29.4 Å². The topological polar surface area (TPSA) is 241 Å². The monoisotopic (exact) mass is 1130 g/mol. The van der Waals surface area contributed by atoms with E-state index in [-0.39, 0.29) is 134 Å². The fourth-order valence-electron chi connectivity index (χ4n) is 0. The van der Waals surface area contributed by atoms with Gasteiger partial charge in [0, 0.05) is 0 Å². The third-order valence-corrected chi connectivity index (χ3v) is 0. The van der Waals surface area contributed by atoms with Crippen molar-refractivity contribution in [1.29, 1.82) is 0 Å². The van der Waals surface area contributed by atoms with Crippen molar-refractivity contribution in [2.45, 2.75) is 0 Å². The molecular formula is Ag6F6O12P6+6. The molecule has 0 amide bonds. The summed E-state index contributed by atoms with van der Waals surface area (Å²) in [5.41, 5.74) is 0. The summed E-state index contributed by atoms with van der Waals surface area (Å²) in [6.07, 6.45) is 0. The molecule has 0 saturated heterocycles. The average molecular weight is 1140 g/mol. The van der Waals surface area contributed by atoms with E-state index in [1.807, 2.05) is 0 Å². The molecule has 0 aromatic carbocycles. The van der Waals surface area contributed by atoms with Crippen LogP contribution in [0.15, 0.2) is 0 Å². The zero-order valence-electron chi connectivity index (χ0n) is 11.7. The zero-order valence-corrected chi connectivity index (χ0v) is 25.9. The van der Waals surface area contributed by atoms with Crippen LogP contribution >= 0.6 is 50.0 Å². The molecule has 0 aromatic heterocycles. The number of hydrogen-bond acceptors (Lipinski definition) is 12. The van der Waals surface area contributed by atoms with Gasteiger partial charge in [-0.3, -0.25) is 0 Å². The van der Waals surface area contributed by atoms with Crippen LogP contribution in [0.5, 0.6) is 0 Å². The summed E-state index contributed by atoms with van der Waals surface area (Å²) in [4.78, 5) is 50.2. The molecule has 0 aliphatic carbocycles. The first-order valence-electron chi connectivity index (χ1n) is 3.21.